The average Bonchev–Trinajstić information content (AvgIpc) is 3.11. The molecule has 33 heavy (non-hydrogen) atoms. The number of halogens is 4. The molecule has 0 saturated carbocycles. The van der Waals surface area contributed by atoms with Crippen LogP contribution in [0.5, 0.6) is 17.2 Å². The lowest BCUT2D eigenvalue weighted by Gasteiger charge is -2.33. The minimum absolute atomic E-state index is 0.0185. The molecule has 0 spiro atoms. The fourth-order valence-corrected chi connectivity index (χ4v) is 3.55. The van der Waals surface area contributed by atoms with Crippen LogP contribution >= 0.6 is 0 Å². The highest BCUT2D eigenvalue weighted by molar-refractivity contribution is 5.98. The summed E-state index contributed by atoms with van der Waals surface area (Å²) in [5.41, 5.74) is -0.211. The minimum atomic E-state index is -3.87. The molecule has 0 bridgehead atoms. The van der Waals surface area contributed by atoms with Gasteiger partial charge in [0.1, 0.15) is 12.7 Å². The van der Waals surface area contributed by atoms with Gasteiger partial charge in [-0.2, -0.15) is 0 Å². The quantitative estimate of drug-likeness (QED) is 0.474. The Kier molecular flexibility index (Phi) is 6.15. The second kappa shape index (κ2) is 8.89. The van der Waals surface area contributed by atoms with Crippen molar-refractivity contribution in [1.29, 1.82) is 0 Å². The van der Waals surface area contributed by atoms with Crippen LogP contribution in [0.2, 0.25) is 0 Å². The Labute approximate surface area is 185 Å². The van der Waals surface area contributed by atoms with Crippen LogP contribution in [0.3, 0.4) is 0 Å². The van der Waals surface area contributed by atoms with Gasteiger partial charge in [-0.3, -0.25) is 9.59 Å². The number of amides is 1. The highest BCUT2D eigenvalue weighted by Crippen LogP contribution is 2.43. The number of nitrogens with zero attached hydrogens (tertiary/aromatic N) is 1. The van der Waals surface area contributed by atoms with Crippen LogP contribution in [0.15, 0.2) is 30.3 Å². The normalized spacial score (nSPS) is 18.8. The number of para-hydroxylation sites is 1. The van der Waals surface area contributed by atoms with E-state index in [2.05, 4.69) is 9.47 Å². The Balaban J connectivity index is 1.43. The summed E-state index contributed by atoms with van der Waals surface area (Å²) in [6.45, 7) is 1.52. The number of hydrogen-bond donors (Lipinski definition) is 0. The fourth-order valence-electron chi connectivity index (χ4n) is 3.55. The topological polar surface area (TPSA) is 74.3 Å². The van der Waals surface area contributed by atoms with E-state index in [0.717, 1.165) is 12.1 Å². The van der Waals surface area contributed by atoms with Gasteiger partial charge in [-0.05, 0) is 24.3 Å². The molecular weight excluding hydrogens is 450 g/mol. The van der Waals surface area contributed by atoms with E-state index in [-0.39, 0.29) is 55.4 Å². The second-order valence-electron chi connectivity index (χ2n) is 7.40. The number of carbonyl (C=O) groups excluding carboxylic acids is 2. The molecule has 2 aliphatic rings. The van der Waals surface area contributed by atoms with Crippen molar-refractivity contribution in [2.24, 2.45) is 0 Å². The number of fused-ring (bicyclic) bond motifs is 1. The SMILES string of the molecule is CCC(=O)c1cc(F)c(OCC2CN(C(=O)c3cccc4c3OC(F)(F)O4)CCO2)c(F)c1. The largest absolute Gasteiger partial charge is 0.586 e. The van der Waals surface area contributed by atoms with E-state index in [0.29, 0.717) is 0 Å². The van der Waals surface area contributed by atoms with E-state index in [4.69, 9.17) is 9.47 Å². The van der Waals surface area contributed by atoms with Gasteiger partial charge in [0.25, 0.3) is 5.91 Å². The van der Waals surface area contributed by atoms with Crippen molar-refractivity contribution in [1.82, 2.24) is 4.90 Å². The molecule has 1 saturated heterocycles. The number of alkyl halides is 2. The monoisotopic (exact) mass is 469 g/mol. The van der Waals surface area contributed by atoms with Crippen molar-refractivity contribution >= 4 is 11.7 Å². The van der Waals surface area contributed by atoms with Crippen LogP contribution < -0.4 is 14.2 Å². The molecule has 176 valence electrons. The molecule has 4 rings (SSSR count). The molecule has 1 atom stereocenters. The lowest BCUT2D eigenvalue weighted by molar-refractivity contribution is -0.286. The Bertz CT molecular complexity index is 1070. The van der Waals surface area contributed by atoms with Crippen LogP contribution in [0, 0.1) is 11.6 Å². The highest BCUT2D eigenvalue weighted by atomic mass is 19.3. The first kappa shape index (κ1) is 22.8. The van der Waals surface area contributed by atoms with Crippen LogP contribution in [-0.2, 0) is 4.74 Å². The Morgan fingerprint density at radius 1 is 1.18 bits per heavy atom. The molecule has 2 aliphatic heterocycles. The van der Waals surface area contributed by atoms with Gasteiger partial charge in [0.15, 0.2) is 34.7 Å². The first-order chi connectivity index (χ1) is 15.7. The van der Waals surface area contributed by atoms with E-state index >= 15 is 0 Å². The molecule has 1 amide bonds. The van der Waals surface area contributed by atoms with Crippen molar-refractivity contribution in [2.75, 3.05) is 26.3 Å². The number of rotatable bonds is 6. The summed E-state index contributed by atoms with van der Waals surface area (Å²) in [5, 5.41) is 0. The summed E-state index contributed by atoms with van der Waals surface area (Å²) >= 11 is 0. The van der Waals surface area contributed by atoms with E-state index in [1.165, 1.54) is 23.1 Å². The number of Topliss-reactive ketones (excluding diaryl/α,β-unsaturated/α-hetero) is 1. The summed E-state index contributed by atoms with van der Waals surface area (Å²) in [6.07, 6.45) is -4.52. The third-order valence-corrected chi connectivity index (χ3v) is 5.14. The molecule has 7 nitrogen and oxygen atoms in total. The van der Waals surface area contributed by atoms with Gasteiger partial charge in [-0.1, -0.05) is 13.0 Å². The van der Waals surface area contributed by atoms with Crippen LogP contribution in [0.25, 0.3) is 0 Å². The van der Waals surface area contributed by atoms with E-state index in [1.807, 2.05) is 0 Å². The standard InChI is InChI=1S/C22H19F4NO6/c1-2-17(28)12-8-15(23)20(16(24)9-12)31-11-13-10-27(6-7-30-13)21(29)14-4-3-5-18-19(14)33-22(25,26)32-18/h3-5,8-9,13H,2,6-7,10-11H2,1H3. The molecule has 2 aromatic carbocycles. The van der Waals surface area contributed by atoms with Gasteiger partial charge in [0.2, 0.25) is 0 Å². The van der Waals surface area contributed by atoms with E-state index in [1.54, 1.807) is 6.92 Å². The molecule has 2 aromatic rings. The maximum absolute atomic E-state index is 14.3. The number of hydrogen-bond acceptors (Lipinski definition) is 6. The molecule has 0 radical (unpaired) electrons. The fraction of sp³-hybridized carbons (Fsp3) is 0.364. The lowest BCUT2D eigenvalue weighted by Crippen LogP contribution is -2.47. The van der Waals surface area contributed by atoms with Crippen molar-refractivity contribution < 1.29 is 46.1 Å². The van der Waals surface area contributed by atoms with Gasteiger partial charge < -0.3 is 23.8 Å². The van der Waals surface area contributed by atoms with Gasteiger partial charge in [0.05, 0.1) is 18.7 Å². The average molecular weight is 469 g/mol. The van der Waals surface area contributed by atoms with Crippen molar-refractivity contribution in [3.63, 3.8) is 0 Å². The Morgan fingerprint density at radius 2 is 1.91 bits per heavy atom. The molecule has 1 fully saturated rings. The van der Waals surface area contributed by atoms with E-state index < -0.39 is 41.5 Å². The molecule has 0 aromatic heterocycles. The highest BCUT2D eigenvalue weighted by Gasteiger charge is 2.45. The first-order valence-electron chi connectivity index (χ1n) is 10.1. The zero-order valence-corrected chi connectivity index (χ0v) is 17.4. The number of benzene rings is 2. The molecule has 11 heteroatoms. The predicted octanol–water partition coefficient (Wildman–Crippen LogP) is 3.80. The van der Waals surface area contributed by atoms with Crippen molar-refractivity contribution in [3.8, 4) is 17.2 Å². The van der Waals surface area contributed by atoms with Gasteiger partial charge in [-0.15, -0.1) is 8.78 Å². The molecule has 1 unspecified atom stereocenters. The van der Waals surface area contributed by atoms with Crippen LogP contribution in [0.4, 0.5) is 17.6 Å². The smallest absolute Gasteiger partial charge is 0.485 e. The number of ether oxygens (including phenoxy) is 4. The van der Waals surface area contributed by atoms with Crippen molar-refractivity contribution in [2.45, 2.75) is 25.7 Å². The van der Waals surface area contributed by atoms with Gasteiger partial charge in [-0.25, -0.2) is 8.78 Å². The van der Waals surface area contributed by atoms with Crippen LogP contribution in [0.1, 0.15) is 34.1 Å². The van der Waals surface area contributed by atoms with E-state index in [9.17, 15) is 27.2 Å². The summed E-state index contributed by atoms with van der Waals surface area (Å²) in [7, 11) is 0. The molecular formula is C22H19F4NO6. The Hall–Kier alpha value is -3.34. The molecule has 0 aliphatic carbocycles. The maximum atomic E-state index is 14.3. The minimum Gasteiger partial charge on any atom is -0.485 e. The number of carbonyl (C=O) groups is 2. The lowest BCUT2D eigenvalue weighted by atomic mass is 10.1. The number of morpholine rings is 1. The summed E-state index contributed by atoms with van der Waals surface area (Å²) in [5.74, 6) is -4.36. The maximum Gasteiger partial charge on any atom is 0.586 e. The first-order valence-corrected chi connectivity index (χ1v) is 10.1. The third-order valence-electron chi connectivity index (χ3n) is 5.14. The zero-order chi connectivity index (χ0) is 23.8. The summed E-state index contributed by atoms with van der Waals surface area (Å²) in [4.78, 5) is 25.9. The summed E-state index contributed by atoms with van der Waals surface area (Å²) < 4.78 is 75.0. The predicted molar refractivity (Wildman–Crippen MR) is 105 cm³/mol. The number of ketones is 1. The second-order valence-corrected chi connectivity index (χ2v) is 7.40. The summed E-state index contributed by atoms with van der Waals surface area (Å²) in [6, 6.07) is 5.77. The van der Waals surface area contributed by atoms with Crippen LogP contribution in [-0.4, -0.2) is 55.3 Å². The van der Waals surface area contributed by atoms with Crippen molar-refractivity contribution in [3.05, 3.63) is 53.1 Å². The van der Waals surface area contributed by atoms with Gasteiger partial charge in [0, 0.05) is 18.5 Å². The molecule has 0 N–H and O–H groups in total. The zero-order valence-electron chi connectivity index (χ0n) is 17.4. The van der Waals surface area contributed by atoms with Gasteiger partial charge >= 0.3 is 6.29 Å². The molecule has 2 heterocycles. The Morgan fingerprint density at radius 3 is 2.61 bits per heavy atom. The third kappa shape index (κ3) is 4.72.